The zero-order valence-corrected chi connectivity index (χ0v) is 11.4. The molecule has 1 heterocycles. The van der Waals surface area contributed by atoms with E-state index in [0.717, 1.165) is 35.7 Å². The predicted molar refractivity (Wildman–Crippen MR) is 73.8 cm³/mol. The van der Waals surface area contributed by atoms with Gasteiger partial charge in [-0.25, -0.2) is 4.98 Å². The summed E-state index contributed by atoms with van der Waals surface area (Å²) in [5.74, 6) is 0. The Morgan fingerprint density at radius 2 is 2.06 bits per heavy atom. The molecule has 0 saturated carbocycles. The van der Waals surface area contributed by atoms with E-state index in [9.17, 15) is 4.79 Å². The highest BCUT2D eigenvalue weighted by molar-refractivity contribution is 9.09. The van der Waals surface area contributed by atoms with Gasteiger partial charge in [0.25, 0.3) is 5.56 Å². The molecule has 0 aliphatic heterocycles. The molecule has 4 heteroatoms. The van der Waals surface area contributed by atoms with E-state index in [4.69, 9.17) is 0 Å². The Bertz CT molecular complexity index is 577. The first-order valence-corrected chi connectivity index (χ1v) is 6.88. The van der Waals surface area contributed by atoms with Crippen molar-refractivity contribution in [3.05, 3.63) is 40.3 Å². The van der Waals surface area contributed by atoms with Crippen molar-refractivity contribution in [1.82, 2.24) is 9.55 Å². The number of para-hydroxylation sites is 2. The molecule has 0 bridgehead atoms. The van der Waals surface area contributed by atoms with Crippen molar-refractivity contribution in [1.29, 1.82) is 0 Å². The number of hydrogen-bond acceptors (Lipinski definition) is 2. The number of aromatic nitrogens is 2. The molecular weight excluding hydrogens is 280 g/mol. The molecule has 2 aromatic rings. The molecule has 0 aliphatic rings. The summed E-state index contributed by atoms with van der Waals surface area (Å²) in [7, 11) is 0. The van der Waals surface area contributed by atoms with E-state index in [1.165, 1.54) is 0 Å². The maximum absolute atomic E-state index is 12.1. The summed E-state index contributed by atoms with van der Waals surface area (Å²) in [6.07, 6.45) is 2.07. The fraction of sp³-hybridized carbons (Fsp3) is 0.385. The average Bonchev–Trinajstić information content (AvgIpc) is 2.34. The fourth-order valence-electron chi connectivity index (χ4n) is 1.91. The Morgan fingerprint density at radius 1 is 1.29 bits per heavy atom. The third-order valence-corrected chi connectivity index (χ3v) is 3.34. The predicted octanol–water partition coefficient (Wildman–Crippen LogP) is 2.88. The van der Waals surface area contributed by atoms with Gasteiger partial charge in [0.1, 0.15) is 5.69 Å². The monoisotopic (exact) mass is 294 g/mol. The first-order valence-electron chi connectivity index (χ1n) is 5.76. The largest absolute Gasteiger partial charge is 0.305 e. The molecule has 0 amide bonds. The molecule has 0 saturated heterocycles. The van der Waals surface area contributed by atoms with Crippen molar-refractivity contribution in [3.8, 4) is 0 Å². The lowest BCUT2D eigenvalue weighted by Crippen LogP contribution is -2.24. The highest BCUT2D eigenvalue weighted by Crippen LogP contribution is 2.10. The SMILES string of the molecule is Cc1nc2ccccc2n(CCCCBr)c1=O. The van der Waals surface area contributed by atoms with E-state index >= 15 is 0 Å². The molecule has 0 atom stereocenters. The minimum atomic E-state index is 0.0262. The van der Waals surface area contributed by atoms with Crippen LogP contribution in [-0.2, 0) is 6.54 Å². The lowest BCUT2D eigenvalue weighted by molar-refractivity contribution is 0.630. The van der Waals surface area contributed by atoms with E-state index in [-0.39, 0.29) is 5.56 Å². The third-order valence-electron chi connectivity index (χ3n) is 2.78. The number of fused-ring (bicyclic) bond motifs is 1. The van der Waals surface area contributed by atoms with Crippen LogP contribution in [0.25, 0.3) is 11.0 Å². The average molecular weight is 295 g/mol. The standard InChI is InChI=1S/C13H15BrN2O/c1-10-13(17)16(9-5-4-8-14)12-7-3-2-6-11(12)15-10/h2-3,6-7H,4-5,8-9H2,1H3. The summed E-state index contributed by atoms with van der Waals surface area (Å²) in [5, 5.41) is 0.976. The van der Waals surface area contributed by atoms with Crippen LogP contribution in [0.5, 0.6) is 0 Å². The quantitative estimate of drug-likeness (QED) is 0.642. The van der Waals surface area contributed by atoms with E-state index in [0.29, 0.717) is 5.69 Å². The van der Waals surface area contributed by atoms with Crippen LogP contribution in [0.1, 0.15) is 18.5 Å². The summed E-state index contributed by atoms with van der Waals surface area (Å²) in [6.45, 7) is 2.53. The van der Waals surface area contributed by atoms with Gasteiger partial charge in [-0.1, -0.05) is 28.1 Å². The molecule has 1 aromatic heterocycles. The summed E-state index contributed by atoms with van der Waals surface area (Å²) in [6, 6.07) is 7.79. The van der Waals surface area contributed by atoms with Crippen molar-refractivity contribution >= 4 is 27.0 Å². The molecular formula is C13H15BrN2O. The van der Waals surface area contributed by atoms with Gasteiger partial charge in [-0.05, 0) is 31.9 Å². The number of halogens is 1. The van der Waals surface area contributed by atoms with Crippen molar-refractivity contribution < 1.29 is 0 Å². The second-order valence-corrected chi connectivity index (χ2v) is 4.83. The minimum Gasteiger partial charge on any atom is -0.305 e. The van der Waals surface area contributed by atoms with E-state index < -0.39 is 0 Å². The maximum Gasteiger partial charge on any atom is 0.272 e. The van der Waals surface area contributed by atoms with Crippen molar-refractivity contribution in [3.63, 3.8) is 0 Å². The number of hydrogen-bond donors (Lipinski definition) is 0. The van der Waals surface area contributed by atoms with Gasteiger partial charge in [0, 0.05) is 11.9 Å². The number of alkyl halides is 1. The van der Waals surface area contributed by atoms with Crippen molar-refractivity contribution in [2.75, 3.05) is 5.33 Å². The number of nitrogens with zero attached hydrogens (tertiary/aromatic N) is 2. The molecule has 0 radical (unpaired) electrons. The molecule has 0 aliphatic carbocycles. The topological polar surface area (TPSA) is 34.9 Å². The lowest BCUT2D eigenvalue weighted by atomic mass is 10.2. The normalized spacial score (nSPS) is 10.9. The Balaban J connectivity index is 2.50. The van der Waals surface area contributed by atoms with Crippen molar-refractivity contribution in [2.24, 2.45) is 0 Å². The summed E-state index contributed by atoms with van der Waals surface area (Å²) in [5.41, 5.74) is 2.42. The van der Waals surface area contributed by atoms with Gasteiger partial charge in [0.15, 0.2) is 0 Å². The van der Waals surface area contributed by atoms with Crippen LogP contribution in [-0.4, -0.2) is 14.9 Å². The van der Waals surface area contributed by atoms with E-state index in [1.807, 2.05) is 28.8 Å². The summed E-state index contributed by atoms with van der Waals surface area (Å²) < 4.78 is 1.83. The van der Waals surface area contributed by atoms with Crippen LogP contribution in [0.2, 0.25) is 0 Å². The maximum atomic E-state index is 12.1. The molecule has 0 unspecified atom stereocenters. The highest BCUT2D eigenvalue weighted by atomic mass is 79.9. The van der Waals surface area contributed by atoms with Gasteiger partial charge in [-0.2, -0.15) is 0 Å². The number of benzene rings is 1. The Morgan fingerprint density at radius 3 is 2.82 bits per heavy atom. The molecule has 2 rings (SSSR count). The van der Waals surface area contributed by atoms with Crippen LogP contribution in [0.3, 0.4) is 0 Å². The van der Waals surface area contributed by atoms with Gasteiger partial charge in [-0.3, -0.25) is 4.79 Å². The van der Waals surface area contributed by atoms with Crippen LogP contribution in [0.15, 0.2) is 29.1 Å². The van der Waals surface area contributed by atoms with Gasteiger partial charge in [0.2, 0.25) is 0 Å². The Labute approximate surface area is 109 Å². The van der Waals surface area contributed by atoms with E-state index in [2.05, 4.69) is 20.9 Å². The van der Waals surface area contributed by atoms with Gasteiger partial charge >= 0.3 is 0 Å². The molecule has 1 aromatic carbocycles. The molecule has 3 nitrogen and oxygen atoms in total. The van der Waals surface area contributed by atoms with Crippen LogP contribution in [0, 0.1) is 6.92 Å². The Hall–Kier alpha value is -1.16. The second kappa shape index (κ2) is 5.45. The second-order valence-electron chi connectivity index (χ2n) is 4.04. The molecule has 0 N–H and O–H groups in total. The minimum absolute atomic E-state index is 0.0262. The highest BCUT2D eigenvalue weighted by Gasteiger charge is 2.06. The van der Waals surface area contributed by atoms with Crippen LogP contribution < -0.4 is 5.56 Å². The molecule has 90 valence electrons. The number of rotatable bonds is 4. The van der Waals surface area contributed by atoms with Crippen molar-refractivity contribution in [2.45, 2.75) is 26.3 Å². The van der Waals surface area contributed by atoms with Gasteiger partial charge in [-0.15, -0.1) is 0 Å². The first-order chi connectivity index (χ1) is 8.24. The Kier molecular flexibility index (Phi) is 3.94. The first kappa shape index (κ1) is 12.3. The smallest absolute Gasteiger partial charge is 0.272 e. The van der Waals surface area contributed by atoms with Gasteiger partial charge < -0.3 is 4.57 Å². The number of unbranched alkanes of at least 4 members (excludes halogenated alkanes) is 1. The van der Waals surface area contributed by atoms with Gasteiger partial charge in [0.05, 0.1) is 11.0 Å². The fourth-order valence-corrected chi connectivity index (χ4v) is 2.30. The number of aryl methyl sites for hydroxylation is 2. The molecule has 0 fully saturated rings. The zero-order valence-electron chi connectivity index (χ0n) is 9.82. The van der Waals surface area contributed by atoms with Crippen LogP contribution in [0.4, 0.5) is 0 Å². The molecule has 0 spiro atoms. The summed E-state index contributed by atoms with van der Waals surface area (Å²) in [4.78, 5) is 16.4. The molecule has 17 heavy (non-hydrogen) atoms. The summed E-state index contributed by atoms with van der Waals surface area (Å²) >= 11 is 3.41. The zero-order chi connectivity index (χ0) is 12.3. The third kappa shape index (κ3) is 2.57. The van der Waals surface area contributed by atoms with E-state index in [1.54, 1.807) is 6.92 Å². The lowest BCUT2D eigenvalue weighted by Gasteiger charge is -2.10. The van der Waals surface area contributed by atoms with Crippen LogP contribution >= 0.6 is 15.9 Å².